The second kappa shape index (κ2) is 10.4. The summed E-state index contributed by atoms with van der Waals surface area (Å²) >= 11 is 0. The van der Waals surface area contributed by atoms with Crippen LogP contribution in [0, 0.1) is 0 Å². The number of hydrogen-bond acceptors (Lipinski definition) is 4. The maximum Gasteiger partial charge on any atom is 0.193 e. The lowest BCUT2D eigenvalue weighted by atomic mass is 10.0. The van der Waals surface area contributed by atoms with Gasteiger partial charge in [-0.25, -0.2) is 0 Å². The maximum atomic E-state index is 12.4. The van der Waals surface area contributed by atoms with Crippen molar-refractivity contribution in [2.45, 2.75) is 0 Å². The van der Waals surface area contributed by atoms with Crippen molar-refractivity contribution in [2.75, 3.05) is 38.0 Å². The Kier molecular flexibility index (Phi) is 7.40. The highest BCUT2D eigenvalue weighted by molar-refractivity contribution is 6.09. The highest BCUT2D eigenvalue weighted by Gasteiger charge is 2.09. The summed E-state index contributed by atoms with van der Waals surface area (Å²) in [6, 6.07) is 28.9. The summed E-state index contributed by atoms with van der Waals surface area (Å²) in [5.74, 6) is 0.0561. The van der Waals surface area contributed by atoms with Gasteiger partial charge in [0.2, 0.25) is 0 Å². The van der Waals surface area contributed by atoms with Gasteiger partial charge in [0.05, 0.1) is 0 Å². The van der Waals surface area contributed by atoms with Gasteiger partial charge in [-0.3, -0.25) is 9.59 Å². The predicted molar refractivity (Wildman–Crippen MR) is 134 cm³/mol. The molecule has 4 rings (SSSR count). The monoisotopic (exact) mass is 424 g/mol. The quantitative estimate of drug-likeness (QED) is 0.304. The minimum Gasteiger partial charge on any atom is -0.378 e. The molecule has 0 saturated carbocycles. The Bertz CT molecular complexity index is 1140. The van der Waals surface area contributed by atoms with Crippen molar-refractivity contribution < 1.29 is 9.59 Å². The minimum absolute atomic E-state index is 0.0561. The van der Waals surface area contributed by atoms with Crippen molar-refractivity contribution in [1.29, 1.82) is 0 Å². The summed E-state index contributed by atoms with van der Waals surface area (Å²) < 4.78 is 0. The lowest BCUT2D eigenvalue weighted by molar-refractivity contribution is 0.103. The summed E-state index contributed by atoms with van der Waals surface area (Å²) in [4.78, 5) is 27.0. The fourth-order valence-corrected chi connectivity index (χ4v) is 3.34. The summed E-state index contributed by atoms with van der Waals surface area (Å²) in [6.07, 6.45) is 0.891. The summed E-state index contributed by atoms with van der Waals surface area (Å²) in [5.41, 5.74) is 4.36. The molecule has 0 unspecified atom stereocenters. The molecule has 4 nitrogen and oxygen atoms in total. The third-order valence-electron chi connectivity index (χ3n) is 5.24. The van der Waals surface area contributed by atoms with Crippen LogP contribution in [0.25, 0.3) is 10.8 Å². The molecule has 0 fully saturated rings. The highest BCUT2D eigenvalue weighted by atomic mass is 16.1. The van der Waals surface area contributed by atoms with Crippen LogP contribution in [0.1, 0.15) is 26.3 Å². The molecule has 0 aliphatic heterocycles. The molecule has 0 spiro atoms. The van der Waals surface area contributed by atoms with Crippen molar-refractivity contribution in [3.05, 3.63) is 108 Å². The Balaban J connectivity index is 0.000000204. The van der Waals surface area contributed by atoms with Gasteiger partial charge in [-0.15, -0.1) is 0 Å². The van der Waals surface area contributed by atoms with E-state index in [-0.39, 0.29) is 5.78 Å². The molecule has 0 radical (unpaired) electrons. The van der Waals surface area contributed by atoms with E-state index in [0.29, 0.717) is 11.1 Å². The normalized spacial score (nSPS) is 10.1. The molecule has 4 heteroatoms. The van der Waals surface area contributed by atoms with Gasteiger partial charge in [0.25, 0.3) is 0 Å². The third kappa shape index (κ3) is 5.41. The van der Waals surface area contributed by atoms with Crippen molar-refractivity contribution >= 4 is 34.2 Å². The van der Waals surface area contributed by atoms with Crippen molar-refractivity contribution in [3.8, 4) is 0 Å². The van der Waals surface area contributed by atoms with E-state index in [0.717, 1.165) is 34.0 Å². The van der Waals surface area contributed by atoms with E-state index in [1.54, 1.807) is 0 Å². The van der Waals surface area contributed by atoms with Crippen LogP contribution in [-0.2, 0) is 0 Å². The molecule has 0 saturated heterocycles. The van der Waals surface area contributed by atoms with E-state index in [1.807, 2.05) is 129 Å². The second-order valence-corrected chi connectivity index (χ2v) is 7.90. The highest BCUT2D eigenvalue weighted by Crippen LogP contribution is 2.18. The molecular formula is C28H28N2O2. The van der Waals surface area contributed by atoms with Gasteiger partial charge in [-0.05, 0) is 59.3 Å². The van der Waals surface area contributed by atoms with Gasteiger partial charge in [0.1, 0.15) is 0 Å². The van der Waals surface area contributed by atoms with Crippen molar-refractivity contribution in [3.63, 3.8) is 0 Å². The number of aldehydes is 1. The first-order chi connectivity index (χ1) is 15.4. The molecule has 0 amide bonds. The smallest absolute Gasteiger partial charge is 0.193 e. The first kappa shape index (κ1) is 22.8. The summed E-state index contributed by atoms with van der Waals surface area (Å²) in [7, 11) is 7.93. The van der Waals surface area contributed by atoms with Crippen LogP contribution in [-0.4, -0.2) is 40.3 Å². The van der Waals surface area contributed by atoms with Gasteiger partial charge in [0.15, 0.2) is 12.1 Å². The predicted octanol–water partition coefficient (Wildman–Crippen LogP) is 5.70. The van der Waals surface area contributed by atoms with Crippen LogP contribution in [0.4, 0.5) is 11.4 Å². The molecule has 4 aromatic carbocycles. The van der Waals surface area contributed by atoms with Gasteiger partial charge in [-0.1, -0.05) is 42.5 Å². The van der Waals surface area contributed by atoms with Gasteiger partial charge < -0.3 is 9.80 Å². The molecular weight excluding hydrogens is 396 g/mol. The zero-order valence-electron chi connectivity index (χ0n) is 18.9. The van der Waals surface area contributed by atoms with Crippen molar-refractivity contribution in [1.82, 2.24) is 0 Å². The molecule has 0 aliphatic rings. The zero-order chi connectivity index (χ0) is 23.1. The van der Waals surface area contributed by atoms with Crippen LogP contribution in [0.5, 0.6) is 0 Å². The number of benzene rings is 4. The van der Waals surface area contributed by atoms with Crippen molar-refractivity contribution in [2.24, 2.45) is 0 Å². The van der Waals surface area contributed by atoms with Crippen LogP contribution in [0.15, 0.2) is 91.0 Å². The molecule has 32 heavy (non-hydrogen) atoms. The number of ketones is 1. The molecule has 0 atom stereocenters. The molecule has 0 heterocycles. The number of anilines is 2. The second-order valence-electron chi connectivity index (χ2n) is 7.90. The zero-order valence-corrected chi connectivity index (χ0v) is 18.9. The van der Waals surface area contributed by atoms with Gasteiger partial charge in [0, 0.05) is 56.3 Å². The van der Waals surface area contributed by atoms with Crippen LogP contribution in [0.2, 0.25) is 0 Å². The van der Waals surface area contributed by atoms with E-state index in [2.05, 4.69) is 0 Å². The first-order valence-electron chi connectivity index (χ1n) is 10.4. The molecule has 0 N–H and O–H groups in total. The van der Waals surface area contributed by atoms with Crippen LogP contribution >= 0.6 is 0 Å². The average Bonchev–Trinajstić information content (AvgIpc) is 2.83. The molecule has 0 aromatic heterocycles. The van der Waals surface area contributed by atoms with E-state index >= 15 is 0 Å². The number of nitrogens with zero attached hydrogens (tertiary/aromatic N) is 2. The first-order valence-corrected chi connectivity index (χ1v) is 10.4. The Hall–Kier alpha value is -3.92. The number of hydrogen-bond donors (Lipinski definition) is 0. The third-order valence-corrected chi connectivity index (χ3v) is 5.24. The van der Waals surface area contributed by atoms with E-state index < -0.39 is 0 Å². The van der Waals surface area contributed by atoms with Gasteiger partial charge in [-0.2, -0.15) is 0 Å². The molecule has 0 aliphatic carbocycles. The van der Waals surface area contributed by atoms with E-state index in [1.165, 1.54) is 0 Å². The summed E-state index contributed by atoms with van der Waals surface area (Å²) in [6.45, 7) is 0. The van der Waals surface area contributed by atoms with E-state index in [4.69, 9.17) is 0 Å². The van der Waals surface area contributed by atoms with E-state index in [9.17, 15) is 9.59 Å². The number of carbonyl (C=O) groups excluding carboxylic acids is 2. The average molecular weight is 425 g/mol. The van der Waals surface area contributed by atoms with Crippen LogP contribution in [0.3, 0.4) is 0 Å². The standard InChI is InChI=1S/C17H20N2O.C11H8O/c1-18(2)15-9-5-13(6-10-15)17(20)14-7-11-16(12-8-14)19(3)4;12-8-10-6-3-5-9-4-1-2-7-11(9)10/h5-12H,1-4H3;1-8H. The summed E-state index contributed by atoms with van der Waals surface area (Å²) in [5, 5.41) is 2.14. The Morgan fingerprint density at radius 3 is 1.56 bits per heavy atom. The Morgan fingerprint density at radius 2 is 1.09 bits per heavy atom. The lowest BCUT2D eigenvalue weighted by Crippen LogP contribution is -2.10. The SMILES string of the molecule is CN(C)c1ccc(C(=O)c2ccc(N(C)C)cc2)cc1.O=Cc1cccc2ccccc12. The van der Waals surface area contributed by atoms with Gasteiger partial charge >= 0.3 is 0 Å². The molecule has 162 valence electrons. The molecule has 4 aromatic rings. The number of fused-ring (bicyclic) bond motifs is 1. The topological polar surface area (TPSA) is 40.6 Å². The molecule has 0 bridgehead atoms. The fourth-order valence-electron chi connectivity index (χ4n) is 3.34. The van der Waals surface area contributed by atoms with Crippen LogP contribution < -0.4 is 9.80 Å². The lowest BCUT2D eigenvalue weighted by Gasteiger charge is -2.13. The number of rotatable bonds is 5. The minimum atomic E-state index is 0.0561. The fraction of sp³-hybridized carbons (Fsp3) is 0.143. The maximum absolute atomic E-state index is 12.4. The largest absolute Gasteiger partial charge is 0.378 e. The Labute approximate surface area is 189 Å². The Morgan fingerprint density at radius 1 is 0.625 bits per heavy atom. The number of carbonyl (C=O) groups is 2.